The van der Waals surface area contributed by atoms with Crippen molar-refractivity contribution in [3.63, 3.8) is 0 Å². The van der Waals surface area contributed by atoms with Crippen LogP contribution in [0.4, 0.5) is 0 Å². The second-order valence-corrected chi connectivity index (χ2v) is 6.10. The van der Waals surface area contributed by atoms with Gasteiger partial charge in [0.1, 0.15) is 6.54 Å². The number of aryl methyl sites for hydroxylation is 3. The van der Waals surface area contributed by atoms with Crippen molar-refractivity contribution >= 4 is 0 Å². The molecule has 0 bridgehead atoms. The summed E-state index contributed by atoms with van der Waals surface area (Å²) in [6.07, 6.45) is 12.7. The number of hydrogen-bond donors (Lipinski definition) is 0. The third kappa shape index (κ3) is 7.78. The van der Waals surface area contributed by atoms with E-state index in [0.29, 0.717) is 0 Å². The smallest absolute Gasteiger partial charge is 0.181 e. The Morgan fingerprint density at radius 3 is 2.13 bits per heavy atom. The van der Waals surface area contributed by atoms with Crippen LogP contribution in [-0.2, 0) is 19.4 Å². The SMILES string of the molecule is CCc1cccc[n+]1CCCCCCCCc1ccccc1.[Br-]. The van der Waals surface area contributed by atoms with Gasteiger partial charge in [-0.05, 0) is 24.8 Å². The number of hydrogen-bond acceptors (Lipinski definition) is 0. The molecule has 0 aliphatic rings. The Bertz CT molecular complexity index is 524. The van der Waals surface area contributed by atoms with Crippen molar-refractivity contribution in [3.05, 3.63) is 66.0 Å². The quantitative estimate of drug-likeness (QED) is 0.442. The number of benzene rings is 1. The summed E-state index contributed by atoms with van der Waals surface area (Å²) in [5.74, 6) is 0. The summed E-state index contributed by atoms with van der Waals surface area (Å²) in [4.78, 5) is 0. The van der Waals surface area contributed by atoms with Crippen molar-refractivity contribution < 1.29 is 21.5 Å². The molecule has 126 valence electrons. The zero-order chi connectivity index (χ0) is 15.5. The predicted molar refractivity (Wildman–Crippen MR) is 93.9 cm³/mol. The van der Waals surface area contributed by atoms with E-state index in [9.17, 15) is 0 Å². The third-order valence-corrected chi connectivity index (χ3v) is 4.35. The first-order valence-electron chi connectivity index (χ1n) is 8.91. The summed E-state index contributed by atoms with van der Waals surface area (Å²) in [7, 11) is 0. The molecule has 2 heteroatoms. The van der Waals surface area contributed by atoms with Crippen LogP contribution in [0, 0.1) is 0 Å². The van der Waals surface area contributed by atoms with E-state index >= 15 is 0 Å². The van der Waals surface area contributed by atoms with Gasteiger partial charge < -0.3 is 17.0 Å². The van der Waals surface area contributed by atoms with E-state index in [0.717, 1.165) is 6.42 Å². The Hall–Kier alpha value is -1.15. The molecule has 1 aromatic heterocycles. The van der Waals surface area contributed by atoms with Crippen LogP contribution in [0.5, 0.6) is 0 Å². The number of nitrogens with zero attached hydrogens (tertiary/aromatic N) is 1. The second kappa shape index (κ2) is 12.3. The monoisotopic (exact) mass is 375 g/mol. The number of aromatic nitrogens is 1. The average molecular weight is 376 g/mol. The molecule has 0 N–H and O–H groups in total. The molecule has 0 radical (unpaired) electrons. The lowest BCUT2D eigenvalue weighted by atomic mass is 10.0. The number of pyridine rings is 1. The molecule has 0 saturated heterocycles. The first kappa shape index (κ1) is 19.9. The first-order chi connectivity index (χ1) is 10.9. The van der Waals surface area contributed by atoms with Gasteiger partial charge in [0.05, 0.1) is 0 Å². The van der Waals surface area contributed by atoms with Gasteiger partial charge in [-0.1, -0.05) is 62.6 Å². The van der Waals surface area contributed by atoms with Crippen LogP contribution in [0.1, 0.15) is 56.7 Å². The fourth-order valence-corrected chi connectivity index (χ4v) is 3.01. The predicted octanol–water partition coefficient (Wildman–Crippen LogP) is 2.12. The van der Waals surface area contributed by atoms with Crippen LogP contribution in [0.15, 0.2) is 54.7 Å². The highest BCUT2D eigenvalue weighted by molar-refractivity contribution is 5.14. The Morgan fingerprint density at radius 2 is 1.39 bits per heavy atom. The van der Waals surface area contributed by atoms with E-state index < -0.39 is 0 Å². The lowest BCUT2D eigenvalue weighted by molar-refractivity contribution is -0.704. The molecule has 0 atom stereocenters. The van der Waals surface area contributed by atoms with Crippen LogP contribution in [0.25, 0.3) is 0 Å². The van der Waals surface area contributed by atoms with Gasteiger partial charge in [-0.25, -0.2) is 4.57 Å². The highest BCUT2D eigenvalue weighted by atomic mass is 79.9. The van der Waals surface area contributed by atoms with Gasteiger partial charge in [0.15, 0.2) is 11.9 Å². The zero-order valence-electron chi connectivity index (χ0n) is 14.4. The molecule has 0 aliphatic carbocycles. The highest BCUT2D eigenvalue weighted by Crippen LogP contribution is 2.09. The Kier molecular flexibility index (Phi) is 10.6. The van der Waals surface area contributed by atoms with Gasteiger partial charge in [0, 0.05) is 25.0 Å². The van der Waals surface area contributed by atoms with Crippen molar-refractivity contribution in [2.24, 2.45) is 0 Å². The zero-order valence-corrected chi connectivity index (χ0v) is 16.0. The standard InChI is InChI=1S/C21H30N.BrH/c1-2-21-17-11-13-19-22(21)18-12-6-4-3-5-8-14-20-15-9-7-10-16-20;/h7,9-11,13,15-17,19H,2-6,8,12,14,18H2,1H3;1H/q+1;/p-1. The van der Waals surface area contributed by atoms with E-state index in [1.54, 1.807) is 0 Å². The fourth-order valence-electron chi connectivity index (χ4n) is 3.01. The van der Waals surface area contributed by atoms with Crippen molar-refractivity contribution in [1.82, 2.24) is 0 Å². The minimum absolute atomic E-state index is 0. The maximum absolute atomic E-state index is 2.41. The van der Waals surface area contributed by atoms with Crippen LogP contribution in [0.2, 0.25) is 0 Å². The number of unbranched alkanes of at least 4 members (excludes halogenated alkanes) is 5. The number of halogens is 1. The van der Waals surface area contributed by atoms with Gasteiger partial charge in [-0.2, -0.15) is 0 Å². The lowest BCUT2D eigenvalue weighted by Gasteiger charge is -2.03. The molecule has 1 nitrogen and oxygen atoms in total. The molecule has 2 aromatic rings. The van der Waals surface area contributed by atoms with Crippen molar-refractivity contribution in [2.75, 3.05) is 0 Å². The van der Waals surface area contributed by atoms with Gasteiger partial charge in [-0.15, -0.1) is 0 Å². The summed E-state index contributed by atoms with van der Waals surface area (Å²) < 4.78 is 2.41. The maximum Gasteiger partial charge on any atom is 0.181 e. The Morgan fingerprint density at radius 1 is 0.739 bits per heavy atom. The first-order valence-corrected chi connectivity index (χ1v) is 8.91. The van der Waals surface area contributed by atoms with Crippen LogP contribution >= 0.6 is 0 Å². The molecule has 23 heavy (non-hydrogen) atoms. The highest BCUT2D eigenvalue weighted by Gasteiger charge is 2.06. The van der Waals surface area contributed by atoms with Gasteiger partial charge >= 0.3 is 0 Å². The topological polar surface area (TPSA) is 3.88 Å². The minimum Gasteiger partial charge on any atom is -1.00 e. The molecule has 0 unspecified atom stereocenters. The van der Waals surface area contributed by atoms with Crippen LogP contribution in [-0.4, -0.2) is 0 Å². The summed E-state index contributed by atoms with van der Waals surface area (Å²) in [5, 5.41) is 0. The normalized spacial score (nSPS) is 10.3. The maximum atomic E-state index is 2.41. The molecule has 0 fully saturated rings. The lowest BCUT2D eigenvalue weighted by Crippen LogP contribution is -3.00. The molecule has 1 heterocycles. The molecule has 0 saturated carbocycles. The fraction of sp³-hybridized carbons (Fsp3) is 0.476. The summed E-state index contributed by atoms with van der Waals surface area (Å²) >= 11 is 0. The molecule has 2 rings (SSSR count). The van der Waals surface area contributed by atoms with Crippen LogP contribution < -0.4 is 21.5 Å². The van der Waals surface area contributed by atoms with Crippen LogP contribution in [0.3, 0.4) is 0 Å². The molecular weight excluding hydrogens is 346 g/mol. The Balaban J connectivity index is 0.00000264. The summed E-state index contributed by atoms with van der Waals surface area (Å²) in [6.45, 7) is 3.41. The van der Waals surface area contributed by atoms with E-state index in [2.05, 4.69) is 66.2 Å². The summed E-state index contributed by atoms with van der Waals surface area (Å²) in [5.41, 5.74) is 2.93. The minimum atomic E-state index is 0. The molecule has 0 spiro atoms. The van der Waals surface area contributed by atoms with E-state index in [-0.39, 0.29) is 17.0 Å². The molecule has 0 aliphatic heterocycles. The van der Waals surface area contributed by atoms with E-state index in [1.165, 1.54) is 62.7 Å². The van der Waals surface area contributed by atoms with E-state index in [4.69, 9.17) is 0 Å². The third-order valence-electron chi connectivity index (χ3n) is 4.35. The van der Waals surface area contributed by atoms with Crippen molar-refractivity contribution in [3.8, 4) is 0 Å². The van der Waals surface area contributed by atoms with E-state index in [1.807, 2.05) is 0 Å². The van der Waals surface area contributed by atoms with Crippen molar-refractivity contribution in [1.29, 1.82) is 0 Å². The number of rotatable bonds is 10. The Labute approximate surface area is 152 Å². The second-order valence-electron chi connectivity index (χ2n) is 6.10. The van der Waals surface area contributed by atoms with Gasteiger partial charge in [-0.3, -0.25) is 0 Å². The van der Waals surface area contributed by atoms with Crippen molar-refractivity contribution in [2.45, 2.75) is 64.8 Å². The van der Waals surface area contributed by atoms with Gasteiger partial charge in [0.25, 0.3) is 0 Å². The molecule has 1 aromatic carbocycles. The average Bonchev–Trinajstić information content (AvgIpc) is 2.58. The summed E-state index contributed by atoms with van der Waals surface area (Å²) in [6, 6.07) is 17.4. The molecular formula is C21H30BrN. The molecule has 0 amide bonds. The largest absolute Gasteiger partial charge is 1.00 e. The van der Waals surface area contributed by atoms with Gasteiger partial charge in [0.2, 0.25) is 0 Å².